The zero-order chi connectivity index (χ0) is 25.4. The first-order valence-corrected chi connectivity index (χ1v) is 13.0. The van der Waals surface area contributed by atoms with E-state index < -0.39 is 15.9 Å². The summed E-state index contributed by atoms with van der Waals surface area (Å²) < 4.78 is 33.0. The summed E-state index contributed by atoms with van der Waals surface area (Å²) in [6.45, 7) is 11.3. The van der Waals surface area contributed by atoms with E-state index in [1.807, 2.05) is 26.0 Å². The van der Waals surface area contributed by atoms with Gasteiger partial charge in [0.15, 0.2) is 5.03 Å². The molecular weight excluding hydrogens is 468 g/mol. The van der Waals surface area contributed by atoms with Crippen molar-refractivity contribution in [1.29, 1.82) is 0 Å². The molecule has 1 aliphatic heterocycles. The monoisotopic (exact) mass is 498 g/mol. The molecular formula is C24H30N6O4S. The average Bonchev–Trinajstić information content (AvgIpc) is 3.41. The van der Waals surface area contributed by atoms with Gasteiger partial charge in [-0.2, -0.15) is 13.5 Å². The lowest BCUT2D eigenvalue weighted by molar-refractivity contribution is 0.0981. The number of ether oxygens (including phenoxy) is 1. The van der Waals surface area contributed by atoms with E-state index in [4.69, 9.17) is 9.72 Å². The van der Waals surface area contributed by atoms with Crippen LogP contribution in [0.25, 0.3) is 11.4 Å². The van der Waals surface area contributed by atoms with Gasteiger partial charge < -0.3 is 9.64 Å². The second kappa shape index (κ2) is 9.29. The van der Waals surface area contributed by atoms with Crippen molar-refractivity contribution in [3.8, 4) is 17.3 Å². The maximum Gasteiger partial charge on any atom is 0.281 e. The quantitative estimate of drug-likeness (QED) is 0.507. The second-order valence-corrected chi connectivity index (χ2v) is 11.1. The predicted molar refractivity (Wildman–Crippen MR) is 132 cm³/mol. The summed E-state index contributed by atoms with van der Waals surface area (Å²) in [6, 6.07) is 8.29. The molecule has 0 aliphatic carbocycles. The van der Waals surface area contributed by atoms with Crippen molar-refractivity contribution in [1.82, 2.24) is 24.9 Å². The van der Waals surface area contributed by atoms with Crippen molar-refractivity contribution in [2.45, 2.75) is 51.6 Å². The molecule has 11 heteroatoms. The number of carbonyl (C=O) groups excluding carboxylic acids is 1. The van der Waals surface area contributed by atoms with Gasteiger partial charge in [0.05, 0.1) is 29.8 Å². The lowest BCUT2D eigenvalue weighted by Crippen LogP contribution is -2.41. The van der Waals surface area contributed by atoms with Gasteiger partial charge >= 0.3 is 0 Å². The Bertz CT molecular complexity index is 1340. The molecule has 1 aliphatic rings. The van der Waals surface area contributed by atoms with E-state index in [1.54, 1.807) is 12.1 Å². The first-order valence-electron chi connectivity index (χ1n) is 11.5. The van der Waals surface area contributed by atoms with Crippen molar-refractivity contribution in [3.05, 3.63) is 47.7 Å². The number of aromatic amines is 1. The van der Waals surface area contributed by atoms with E-state index in [0.717, 1.165) is 12.0 Å². The average molecular weight is 499 g/mol. The van der Waals surface area contributed by atoms with E-state index in [1.165, 1.54) is 12.3 Å². The molecule has 1 amide bonds. The molecule has 1 fully saturated rings. The third-order valence-electron chi connectivity index (χ3n) is 5.94. The van der Waals surface area contributed by atoms with Crippen LogP contribution in [0.5, 0.6) is 5.88 Å². The Hall–Kier alpha value is -3.47. The van der Waals surface area contributed by atoms with Gasteiger partial charge in [0, 0.05) is 18.2 Å². The zero-order valence-electron chi connectivity index (χ0n) is 20.5. The smallest absolute Gasteiger partial charge is 0.281 e. The van der Waals surface area contributed by atoms with Crippen LogP contribution in [0.15, 0.2) is 41.6 Å². The summed E-state index contributed by atoms with van der Waals surface area (Å²) in [4.78, 5) is 24.7. The Balaban J connectivity index is 1.79. The first kappa shape index (κ1) is 24.6. The van der Waals surface area contributed by atoms with E-state index in [0.29, 0.717) is 42.2 Å². The maximum absolute atomic E-state index is 13.2. The van der Waals surface area contributed by atoms with Gasteiger partial charge in [0.2, 0.25) is 5.88 Å². The van der Waals surface area contributed by atoms with Crippen molar-refractivity contribution >= 4 is 21.7 Å². The Labute approximate surface area is 205 Å². The number of hydrogen-bond acceptors (Lipinski definition) is 8. The second-order valence-electron chi connectivity index (χ2n) is 9.46. The third-order valence-corrected chi connectivity index (χ3v) is 7.20. The molecule has 0 unspecified atom stereocenters. The number of rotatable bonds is 7. The summed E-state index contributed by atoms with van der Waals surface area (Å²) in [5, 5.41) is 5.84. The number of nitrogens with zero attached hydrogens (tertiary/aromatic N) is 4. The molecule has 0 bridgehead atoms. The van der Waals surface area contributed by atoms with Crippen LogP contribution in [0.1, 0.15) is 50.0 Å². The molecule has 35 heavy (non-hydrogen) atoms. The fraction of sp³-hybridized carbons (Fsp3) is 0.417. The van der Waals surface area contributed by atoms with Crippen molar-refractivity contribution in [3.63, 3.8) is 0 Å². The SMILES string of the molecule is CCOc1cc(C)cc(-c2ccc(C(=O)NS(=O)(=O)c3ccn[nH]3)c(N3C[C@@H](C)CC3(C)C)n2)n1. The number of H-pyrrole nitrogens is 1. The maximum atomic E-state index is 13.2. The fourth-order valence-electron chi connectivity index (χ4n) is 4.55. The van der Waals surface area contributed by atoms with Crippen molar-refractivity contribution < 1.29 is 17.9 Å². The number of pyridine rings is 2. The van der Waals surface area contributed by atoms with Gasteiger partial charge in [-0.1, -0.05) is 6.92 Å². The highest BCUT2D eigenvalue weighted by atomic mass is 32.2. The number of carbonyl (C=O) groups is 1. The van der Waals surface area contributed by atoms with Gasteiger partial charge in [0.25, 0.3) is 15.9 Å². The summed E-state index contributed by atoms with van der Waals surface area (Å²) in [5.74, 6) is 0.516. The normalized spacial score (nSPS) is 17.4. The van der Waals surface area contributed by atoms with Crippen molar-refractivity contribution in [2.24, 2.45) is 5.92 Å². The highest BCUT2D eigenvalue weighted by Gasteiger charge is 2.39. The number of amides is 1. The fourth-order valence-corrected chi connectivity index (χ4v) is 5.42. The van der Waals surface area contributed by atoms with Crippen LogP contribution in [0.2, 0.25) is 0 Å². The lowest BCUT2D eigenvalue weighted by Gasteiger charge is -2.34. The molecule has 3 aromatic heterocycles. The van der Waals surface area contributed by atoms with E-state index >= 15 is 0 Å². The van der Waals surface area contributed by atoms with Crippen LogP contribution in [-0.2, 0) is 10.0 Å². The number of nitrogens with one attached hydrogen (secondary N) is 2. The van der Waals surface area contributed by atoms with Crippen LogP contribution >= 0.6 is 0 Å². The van der Waals surface area contributed by atoms with Gasteiger partial charge in [-0.25, -0.2) is 14.7 Å². The summed E-state index contributed by atoms with van der Waals surface area (Å²) in [6.07, 6.45) is 2.21. The summed E-state index contributed by atoms with van der Waals surface area (Å²) in [7, 11) is -4.12. The largest absolute Gasteiger partial charge is 0.478 e. The van der Waals surface area contributed by atoms with Gasteiger partial charge in [-0.05, 0) is 69.9 Å². The Kier molecular flexibility index (Phi) is 6.54. The number of anilines is 1. The van der Waals surface area contributed by atoms with E-state index in [9.17, 15) is 13.2 Å². The highest BCUT2D eigenvalue weighted by Crippen LogP contribution is 2.38. The van der Waals surface area contributed by atoms with Crippen LogP contribution in [0, 0.1) is 12.8 Å². The third kappa shape index (κ3) is 5.14. The lowest BCUT2D eigenvalue weighted by atomic mass is 9.97. The van der Waals surface area contributed by atoms with Gasteiger partial charge in [-0.15, -0.1) is 0 Å². The standard InChI is InChI=1S/C24H30N6O4S/c1-6-34-20-12-15(2)11-19(26-20)18-8-7-17(22(27-18)30-14-16(3)13-24(30,4)5)23(31)29-35(32,33)21-9-10-25-28-21/h7-12,16H,6,13-14H2,1-5H3,(H,25,28)(H,29,31)/t16-/m0/s1. The van der Waals surface area contributed by atoms with E-state index in [2.05, 4.69) is 45.6 Å². The van der Waals surface area contributed by atoms with Gasteiger partial charge in [0.1, 0.15) is 5.82 Å². The van der Waals surface area contributed by atoms with Crippen LogP contribution < -0.4 is 14.4 Å². The molecule has 4 rings (SSSR count). The minimum atomic E-state index is -4.12. The number of sulfonamides is 1. The molecule has 0 radical (unpaired) electrons. The minimum absolute atomic E-state index is 0.164. The number of aryl methyl sites for hydroxylation is 1. The molecule has 0 spiro atoms. The number of aromatic nitrogens is 4. The molecule has 2 N–H and O–H groups in total. The molecule has 0 saturated carbocycles. The molecule has 1 saturated heterocycles. The number of hydrogen-bond donors (Lipinski definition) is 2. The van der Waals surface area contributed by atoms with Crippen LogP contribution in [-0.4, -0.2) is 53.2 Å². The first-order chi connectivity index (χ1) is 16.5. The molecule has 10 nitrogen and oxygen atoms in total. The Morgan fingerprint density at radius 1 is 1.23 bits per heavy atom. The summed E-state index contributed by atoms with van der Waals surface area (Å²) >= 11 is 0. The summed E-state index contributed by atoms with van der Waals surface area (Å²) in [5.41, 5.74) is 2.02. The topological polar surface area (TPSA) is 130 Å². The van der Waals surface area contributed by atoms with Crippen LogP contribution in [0.3, 0.4) is 0 Å². The highest BCUT2D eigenvalue weighted by molar-refractivity contribution is 7.90. The molecule has 3 aromatic rings. The Morgan fingerprint density at radius 2 is 2.00 bits per heavy atom. The van der Waals surface area contributed by atoms with Gasteiger partial charge in [-0.3, -0.25) is 9.89 Å². The zero-order valence-corrected chi connectivity index (χ0v) is 21.3. The molecule has 1 atom stereocenters. The van der Waals surface area contributed by atoms with E-state index in [-0.39, 0.29) is 16.1 Å². The van der Waals surface area contributed by atoms with Crippen LogP contribution in [0.4, 0.5) is 5.82 Å². The molecule has 186 valence electrons. The molecule has 0 aromatic carbocycles. The van der Waals surface area contributed by atoms with Crippen molar-refractivity contribution in [2.75, 3.05) is 18.1 Å². The Morgan fingerprint density at radius 3 is 2.63 bits per heavy atom. The molecule has 4 heterocycles. The minimum Gasteiger partial charge on any atom is -0.478 e. The predicted octanol–water partition coefficient (Wildman–Crippen LogP) is 3.32.